The maximum absolute atomic E-state index is 9.34. The number of hydrogen-bond acceptors (Lipinski definition) is 4. The summed E-state index contributed by atoms with van der Waals surface area (Å²) in [5.41, 5.74) is 0.390. The van der Waals surface area contributed by atoms with E-state index in [0.29, 0.717) is 11.5 Å². The Labute approximate surface area is 80.4 Å². The number of allylic oxidation sites excluding steroid dienone is 2. The van der Waals surface area contributed by atoms with Crippen molar-refractivity contribution in [1.29, 1.82) is 0 Å². The van der Waals surface area contributed by atoms with Crippen molar-refractivity contribution >= 4 is 6.20 Å². The average Bonchev–Trinajstić information content (AvgIpc) is 2.66. The quantitative estimate of drug-likeness (QED) is 0.718. The van der Waals surface area contributed by atoms with Crippen LogP contribution in [0, 0.1) is 0 Å². The van der Waals surface area contributed by atoms with E-state index in [4.69, 9.17) is 0 Å². The summed E-state index contributed by atoms with van der Waals surface area (Å²) in [6.45, 7) is 3.56. The van der Waals surface area contributed by atoms with Crippen LogP contribution < -0.4 is 0 Å². The van der Waals surface area contributed by atoms with E-state index < -0.39 is 0 Å². The van der Waals surface area contributed by atoms with Gasteiger partial charge in [-0.2, -0.15) is 0 Å². The van der Waals surface area contributed by atoms with Gasteiger partial charge >= 0.3 is 0 Å². The Bertz CT molecular complexity index is 460. The van der Waals surface area contributed by atoms with Crippen molar-refractivity contribution < 1.29 is 5.11 Å². The van der Waals surface area contributed by atoms with Gasteiger partial charge < -0.3 is 5.11 Å². The second-order valence-corrected chi connectivity index (χ2v) is 2.60. The first-order chi connectivity index (χ1) is 6.83. The first kappa shape index (κ1) is 8.43. The van der Waals surface area contributed by atoms with Crippen molar-refractivity contribution in [3.63, 3.8) is 0 Å². The molecule has 1 N–H and O–H groups in total. The summed E-state index contributed by atoms with van der Waals surface area (Å²) in [5.74, 6) is 0.455. The van der Waals surface area contributed by atoms with Gasteiger partial charge in [-0.05, 0) is 6.08 Å². The summed E-state index contributed by atoms with van der Waals surface area (Å²) < 4.78 is 1.66. The van der Waals surface area contributed by atoms with E-state index >= 15 is 0 Å². The molecule has 70 valence electrons. The molecule has 0 bridgehead atoms. The Hall–Kier alpha value is -2.17. The van der Waals surface area contributed by atoms with Crippen LogP contribution in [0.1, 0.15) is 0 Å². The van der Waals surface area contributed by atoms with Gasteiger partial charge in [0.25, 0.3) is 0 Å². The van der Waals surface area contributed by atoms with Gasteiger partial charge in [0, 0.05) is 6.20 Å². The summed E-state index contributed by atoms with van der Waals surface area (Å²) in [5, 5.41) is 9.34. The van der Waals surface area contributed by atoms with E-state index in [1.54, 1.807) is 22.9 Å². The molecule has 0 fully saturated rings. The molecule has 0 aliphatic carbocycles. The lowest BCUT2D eigenvalue weighted by molar-refractivity contribution is 0.451. The Morgan fingerprint density at radius 3 is 3.00 bits per heavy atom. The predicted molar refractivity (Wildman–Crippen MR) is 51.6 cm³/mol. The van der Waals surface area contributed by atoms with Crippen molar-refractivity contribution in [2.24, 2.45) is 0 Å². The molecule has 0 saturated carbocycles. The number of imidazole rings is 1. The minimum Gasteiger partial charge on any atom is -0.492 e. The van der Waals surface area contributed by atoms with Crippen molar-refractivity contribution in [3.05, 3.63) is 31.4 Å². The van der Waals surface area contributed by atoms with Crippen molar-refractivity contribution in [2.45, 2.75) is 0 Å². The minimum atomic E-state index is -0.110. The third-order valence-electron chi connectivity index (χ3n) is 1.72. The molecule has 0 saturated heterocycles. The second-order valence-electron chi connectivity index (χ2n) is 2.60. The highest BCUT2D eigenvalue weighted by molar-refractivity contribution is 5.59. The maximum Gasteiger partial charge on any atom is 0.242 e. The summed E-state index contributed by atoms with van der Waals surface area (Å²) in [4.78, 5) is 11.6. The van der Waals surface area contributed by atoms with Crippen molar-refractivity contribution in [2.75, 3.05) is 0 Å². The average molecular weight is 188 g/mol. The smallest absolute Gasteiger partial charge is 0.242 e. The molecule has 0 aromatic rings. The molecule has 14 heavy (non-hydrogen) atoms. The number of fused-ring (bicyclic) bond motifs is 1. The zero-order valence-corrected chi connectivity index (χ0v) is 7.33. The van der Waals surface area contributed by atoms with Gasteiger partial charge in [0.1, 0.15) is 12.7 Å². The highest BCUT2D eigenvalue weighted by Crippen LogP contribution is 2.24. The lowest BCUT2D eigenvalue weighted by atomic mass is 10.4. The van der Waals surface area contributed by atoms with Crippen LogP contribution in [0.5, 0.6) is 5.88 Å². The first-order valence-corrected chi connectivity index (χ1v) is 3.98. The molecule has 0 radical (unpaired) electrons. The van der Waals surface area contributed by atoms with E-state index in [9.17, 15) is 5.11 Å². The normalized spacial score (nSPS) is 11.1. The molecule has 2 aliphatic heterocycles. The van der Waals surface area contributed by atoms with Crippen LogP contribution in [-0.4, -0.2) is 24.6 Å². The standard InChI is InChI=1S/C9H8N4O/c1-2-3-4-13-6-12-9(14)7-8(13)11-5-10-7/h2-6,14H,1H2. The number of rotatable bonds is 2. The SMILES string of the molecule is C=CC=Cn1cnc(O)c2ncnc1-2. The number of aromatic hydroxyl groups is 1. The molecule has 0 atom stereocenters. The van der Waals surface area contributed by atoms with Gasteiger partial charge in [-0.1, -0.05) is 12.7 Å². The van der Waals surface area contributed by atoms with Crippen LogP contribution in [0.15, 0.2) is 31.4 Å². The molecule has 5 heteroatoms. The van der Waals surface area contributed by atoms with Crippen LogP contribution in [0.2, 0.25) is 0 Å². The molecule has 0 aromatic carbocycles. The monoisotopic (exact) mass is 188 g/mol. The molecule has 0 amide bonds. The van der Waals surface area contributed by atoms with E-state index in [0.717, 1.165) is 0 Å². The zero-order valence-electron chi connectivity index (χ0n) is 7.33. The molecule has 0 aromatic heterocycles. The fourth-order valence-electron chi connectivity index (χ4n) is 1.10. The Morgan fingerprint density at radius 2 is 2.21 bits per heavy atom. The van der Waals surface area contributed by atoms with Gasteiger partial charge in [-0.3, -0.25) is 4.57 Å². The zero-order chi connectivity index (χ0) is 9.97. The van der Waals surface area contributed by atoms with Gasteiger partial charge in [0.2, 0.25) is 5.88 Å². The van der Waals surface area contributed by atoms with E-state index in [1.807, 2.05) is 0 Å². The molecular formula is C9H8N4O. The fourth-order valence-corrected chi connectivity index (χ4v) is 1.10. The van der Waals surface area contributed by atoms with E-state index in [-0.39, 0.29) is 5.88 Å². The third-order valence-corrected chi connectivity index (χ3v) is 1.72. The van der Waals surface area contributed by atoms with Crippen molar-refractivity contribution in [3.8, 4) is 17.4 Å². The van der Waals surface area contributed by atoms with Crippen LogP contribution in [0.25, 0.3) is 17.7 Å². The Balaban J connectivity index is 2.57. The molecule has 0 unspecified atom stereocenters. The second kappa shape index (κ2) is 3.29. The predicted octanol–water partition coefficient (Wildman–Crippen LogP) is 1.14. The van der Waals surface area contributed by atoms with Crippen LogP contribution in [0.4, 0.5) is 0 Å². The van der Waals surface area contributed by atoms with Gasteiger partial charge in [-0.25, -0.2) is 15.0 Å². The largest absolute Gasteiger partial charge is 0.492 e. The lowest BCUT2D eigenvalue weighted by Gasteiger charge is -2.04. The van der Waals surface area contributed by atoms with E-state index in [1.165, 1.54) is 12.7 Å². The number of hydrogen-bond donors (Lipinski definition) is 1. The Morgan fingerprint density at radius 1 is 1.36 bits per heavy atom. The van der Waals surface area contributed by atoms with Crippen LogP contribution in [-0.2, 0) is 0 Å². The van der Waals surface area contributed by atoms with Crippen LogP contribution in [0.3, 0.4) is 0 Å². The number of nitrogens with zero attached hydrogens (tertiary/aromatic N) is 4. The summed E-state index contributed by atoms with van der Waals surface area (Å²) >= 11 is 0. The molecule has 0 spiro atoms. The topological polar surface area (TPSA) is 63.8 Å². The molecule has 2 rings (SSSR count). The first-order valence-electron chi connectivity index (χ1n) is 3.98. The summed E-state index contributed by atoms with van der Waals surface area (Å²) in [7, 11) is 0. The Kier molecular flexibility index (Phi) is 1.98. The molecule has 2 aliphatic rings. The molecular weight excluding hydrogens is 180 g/mol. The van der Waals surface area contributed by atoms with E-state index in [2.05, 4.69) is 21.5 Å². The van der Waals surface area contributed by atoms with Crippen molar-refractivity contribution in [1.82, 2.24) is 19.5 Å². The van der Waals surface area contributed by atoms with Gasteiger partial charge in [0.05, 0.1) is 0 Å². The summed E-state index contributed by atoms with van der Waals surface area (Å²) in [6.07, 6.45) is 7.96. The summed E-state index contributed by atoms with van der Waals surface area (Å²) in [6, 6.07) is 0. The minimum absolute atomic E-state index is 0.110. The van der Waals surface area contributed by atoms with Gasteiger partial charge in [0.15, 0.2) is 11.5 Å². The maximum atomic E-state index is 9.34. The number of aromatic nitrogens is 4. The van der Waals surface area contributed by atoms with Gasteiger partial charge in [-0.15, -0.1) is 0 Å². The highest BCUT2D eigenvalue weighted by atomic mass is 16.3. The lowest BCUT2D eigenvalue weighted by Crippen LogP contribution is -1.98. The third kappa shape index (κ3) is 1.24. The van der Waals surface area contributed by atoms with Crippen LogP contribution >= 0.6 is 0 Å². The molecule has 5 nitrogen and oxygen atoms in total. The fraction of sp³-hybridized carbons (Fsp3) is 0. The molecule has 2 heterocycles. The highest BCUT2D eigenvalue weighted by Gasteiger charge is 2.14.